The lowest BCUT2D eigenvalue weighted by atomic mass is 10.2. The van der Waals surface area contributed by atoms with Crippen LogP contribution in [0, 0.1) is 5.82 Å². The van der Waals surface area contributed by atoms with Gasteiger partial charge >= 0.3 is 0 Å². The number of aromatic nitrogens is 1. The minimum atomic E-state index is -3.14. The highest BCUT2D eigenvalue weighted by Gasteiger charge is 2.27. The van der Waals surface area contributed by atoms with Crippen LogP contribution in [0.1, 0.15) is 5.69 Å². The predicted octanol–water partition coefficient (Wildman–Crippen LogP) is 1.73. The first-order valence-corrected chi connectivity index (χ1v) is 6.44. The SMILES string of the molecule is NCC(F)(F)CNC(=O)Cc1coc(-c2ccc(F)cc2)n1. The van der Waals surface area contributed by atoms with Crippen LogP contribution in [-0.2, 0) is 11.2 Å². The van der Waals surface area contributed by atoms with Crippen LogP contribution >= 0.6 is 0 Å². The third-order valence-corrected chi connectivity index (χ3v) is 2.83. The van der Waals surface area contributed by atoms with Crippen molar-refractivity contribution in [3.05, 3.63) is 42.0 Å². The summed E-state index contributed by atoms with van der Waals surface area (Å²) < 4.78 is 43.8. The number of oxazole rings is 1. The number of amides is 1. The third kappa shape index (κ3) is 4.32. The van der Waals surface area contributed by atoms with Crippen molar-refractivity contribution in [1.29, 1.82) is 0 Å². The normalized spacial score (nSPS) is 11.5. The van der Waals surface area contributed by atoms with Crippen molar-refractivity contribution in [3.8, 4) is 11.5 Å². The molecule has 1 amide bonds. The molecular formula is C14H14F3N3O2. The molecule has 118 valence electrons. The molecule has 0 aliphatic rings. The first-order valence-electron chi connectivity index (χ1n) is 6.44. The van der Waals surface area contributed by atoms with Crippen molar-refractivity contribution >= 4 is 5.91 Å². The summed E-state index contributed by atoms with van der Waals surface area (Å²) in [6, 6.07) is 5.46. The van der Waals surface area contributed by atoms with E-state index in [0.29, 0.717) is 5.56 Å². The topological polar surface area (TPSA) is 81.1 Å². The number of carbonyl (C=O) groups excluding carboxylic acids is 1. The molecule has 0 fully saturated rings. The van der Waals surface area contributed by atoms with E-state index >= 15 is 0 Å². The van der Waals surface area contributed by atoms with E-state index < -0.39 is 30.7 Å². The molecule has 0 radical (unpaired) electrons. The zero-order chi connectivity index (χ0) is 16.2. The Morgan fingerprint density at radius 2 is 2.00 bits per heavy atom. The number of benzene rings is 1. The third-order valence-electron chi connectivity index (χ3n) is 2.83. The van der Waals surface area contributed by atoms with Crippen molar-refractivity contribution in [2.75, 3.05) is 13.1 Å². The Kier molecular flexibility index (Phi) is 4.81. The second-order valence-electron chi connectivity index (χ2n) is 4.66. The lowest BCUT2D eigenvalue weighted by Crippen LogP contribution is -2.42. The number of nitrogens with two attached hydrogens (primary N) is 1. The van der Waals surface area contributed by atoms with Gasteiger partial charge in [0.15, 0.2) is 0 Å². The zero-order valence-electron chi connectivity index (χ0n) is 11.5. The molecule has 1 heterocycles. The maximum absolute atomic E-state index is 12.9. The van der Waals surface area contributed by atoms with E-state index in [2.05, 4.69) is 10.3 Å². The number of nitrogens with zero attached hydrogens (tertiary/aromatic N) is 1. The Balaban J connectivity index is 1.94. The molecular weight excluding hydrogens is 299 g/mol. The summed E-state index contributed by atoms with van der Waals surface area (Å²) in [6.45, 7) is -1.67. The Labute approximate surface area is 124 Å². The van der Waals surface area contributed by atoms with Crippen LogP contribution in [0.5, 0.6) is 0 Å². The number of halogens is 3. The monoisotopic (exact) mass is 313 g/mol. The van der Waals surface area contributed by atoms with Crippen LogP contribution in [0.3, 0.4) is 0 Å². The summed E-state index contributed by atoms with van der Waals surface area (Å²) in [5.41, 5.74) is 5.70. The molecule has 0 saturated carbocycles. The second-order valence-corrected chi connectivity index (χ2v) is 4.66. The number of carbonyl (C=O) groups is 1. The van der Waals surface area contributed by atoms with Crippen molar-refractivity contribution < 1.29 is 22.4 Å². The van der Waals surface area contributed by atoms with E-state index in [1.54, 1.807) is 0 Å². The van der Waals surface area contributed by atoms with E-state index in [4.69, 9.17) is 10.2 Å². The van der Waals surface area contributed by atoms with Crippen LogP contribution < -0.4 is 11.1 Å². The van der Waals surface area contributed by atoms with Gasteiger partial charge in [0.25, 0.3) is 5.92 Å². The molecule has 1 aromatic heterocycles. The molecule has 0 unspecified atom stereocenters. The van der Waals surface area contributed by atoms with Gasteiger partial charge < -0.3 is 15.5 Å². The Bertz CT molecular complexity index is 641. The fourth-order valence-corrected chi connectivity index (χ4v) is 1.64. The molecule has 1 aromatic carbocycles. The molecule has 0 aliphatic carbocycles. The molecule has 0 spiro atoms. The standard InChI is InChI=1S/C14H14F3N3O2/c15-10-3-1-9(2-4-10)13-20-11(6-22-13)5-12(21)19-8-14(16,17)7-18/h1-4,6H,5,7-8,18H2,(H,19,21). The van der Waals surface area contributed by atoms with Crippen molar-refractivity contribution in [1.82, 2.24) is 10.3 Å². The highest BCUT2D eigenvalue weighted by molar-refractivity contribution is 5.78. The summed E-state index contributed by atoms with van der Waals surface area (Å²) in [5.74, 6) is -3.93. The summed E-state index contributed by atoms with van der Waals surface area (Å²) in [6.07, 6.45) is 1.05. The van der Waals surface area contributed by atoms with E-state index in [0.717, 1.165) is 0 Å². The first kappa shape index (κ1) is 16.0. The van der Waals surface area contributed by atoms with E-state index in [9.17, 15) is 18.0 Å². The van der Waals surface area contributed by atoms with Gasteiger partial charge in [-0.3, -0.25) is 4.79 Å². The molecule has 0 bridgehead atoms. The van der Waals surface area contributed by atoms with Crippen molar-refractivity contribution in [2.45, 2.75) is 12.3 Å². The first-order chi connectivity index (χ1) is 10.4. The number of rotatable bonds is 6. The van der Waals surface area contributed by atoms with Gasteiger partial charge in [-0.1, -0.05) is 0 Å². The van der Waals surface area contributed by atoms with Gasteiger partial charge in [-0.25, -0.2) is 18.2 Å². The largest absolute Gasteiger partial charge is 0.444 e. The summed E-state index contributed by atoms with van der Waals surface area (Å²) in [7, 11) is 0. The van der Waals surface area contributed by atoms with Crippen molar-refractivity contribution in [3.63, 3.8) is 0 Å². The maximum Gasteiger partial charge on any atom is 0.277 e. The van der Waals surface area contributed by atoms with Crippen LogP contribution in [0.25, 0.3) is 11.5 Å². The highest BCUT2D eigenvalue weighted by atomic mass is 19.3. The number of hydrogen-bond donors (Lipinski definition) is 2. The van der Waals surface area contributed by atoms with Crippen molar-refractivity contribution in [2.24, 2.45) is 5.73 Å². The minimum Gasteiger partial charge on any atom is -0.444 e. The van der Waals surface area contributed by atoms with E-state index in [1.807, 2.05) is 0 Å². The molecule has 5 nitrogen and oxygen atoms in total. The second kappa shape index (κ2) is 6.61. The Morgan fingerprint density at radius 3 is 2.64 bits per heavy atom. The van der Waals surface area contributed by atoms with E-state index in [1.165, 1.54) is 30.5 Å². The average Bonchev–Trinajstić information content (AvgIpc) is 2.94. The lowest BCUT2D eigenvalue weighted by Gasteiger charge is -2.13. The van der Waals surface area contributed by atoms with Crippen LogP contribution in [0.15, 0.2) is 34.9 Å². The van der Waals surface area contributed by atoms with Gasteiger partial charge in [0.1, 0.15) is 12.1 Å². The van der Waals surface area contributed by atoms with Gasteiger partial charge in [-0.2, -0.15) is 0 Å². The molecule has 0 aliphatic heterocycles. The van der Waals surface area contributed by atoms with Gasteiger partial charge in [-0.05, 0) is 24.3 Å². The molecule has 8 heteroatoms. The average molecular weight is 313 g/mol. The summed E-state index contributed by atoms with van der Waals surface area (Å²) in [4.78, 5) is 15.6. The molecule has 0 atom stereocenters. The highest BCUT2D eigenvalue weighted by Crippen LogP contribution is 2.19. The molecule has 22 heavy (non-hydrogen) atoms. The lowest BCUT2D eigenvalue weighted by molar-refractivity contribution is -0.122. The maximum atomic E-state index is 12.9. The Hall–Kier alpha value is -2.35. The molecule has 0 saturated heterocycles. The molecule has 2 rings (SSSR count). The zero-order valence-corrected chi connectivity index (χ0v) is 11.5. The number of hydrogen-bond acceptors (Lipinski definition) is 4. The number of alkyl halides is 2. The van der Waals surface area contributed by atoms with Crippen LogP contribution in [-0.4, -0.2) is 29.9 Å². The predicted molar refractivity (Wildman–Crippen MR) is 72.6 cm³/mol. The van der Waals surface area contributed by atoms with E-state index in [-0.39, 0.29) is 18.0 Å². The van der Waals surface area contributed by atoms with Gasteiger partial charge in [-0.15, -0.1) is 0 Å². The smallest absolute Gasteiger partial charge is 0.277 e. The summed E-state index contributed by atoms with van der Waals surface area (Å²) >= 11 is 0. The Morgan fingerprint density at radius 1 is 1.32 bits per heavy atom. The van der Waals surface area contributed by atoms with Crippen LogP contribution in [0.4, 0.5) is 13.2 Å². The van der Waals surface area contributed by atoms with Gasteiger partial charge in [0, 0.05) is 5.56 Å². The van der Waals surface area contributed by atoms with Crippen LogP contribution in [0.2, 0.25) is 0 Å². The summed E-state index contributed by atoms with van der Waals surface area (Å²) in [5, 5.41) is 2.08. The quantitative estimate of drug-likeness (QED) is 0.851. The van der Waals surface area contributed by atoms with Gasteiger partial charge in [0.2, 0.25) is 11.8 Å². The fraction of sp³-hybridized carbons (Fsp3) is 0.286. The van der Waals surface area contributed by atoms with Gasteiger partial charge in [0.05, 0.1) is 25.2 Å². The minimum absolute atomic E-state index is 0.203. The number of nitrogens with one attached hydrogen (secondary N) is 1. The fourth-order valence-electron chi connectivity index (χ4n) is 1.64. The molecule has 2 aromatic rings. The molecule has 3 N–H and O–H groups in total.